The second-order valence-corrected chi connectivity index (χ2v) is 8.12. The Balaban J connectivity index is 0.00000210. The fourth-order valence-corrected chi connectivity index (χ4v) is 5.14. The molecule has 3 aliphatic rings. The van der Waals surface area contributed by atoms with Crippen LogP contribution in [-0.4, -0.2) is 53.3 Å². The molecule has 6 heteroatoms. The van der Waals surface area contributed by atoms with Gasteiger partial charge in [0.2, 0.25) is 5.91 Å². The zero-order chi connectivity index (χ0) is 18.1. The molecule has 2 amide bonds. The first-order valence-electron chi connectivity index (χ1n) is 10.1. The average molecular weight is 392 g/mol. The third kappa shape index (κ3) is 3.85. The fraction of sp³-hybridized carbons (Fsp3) is 0.619. The molecule has 1 aromatic rings. The van der Waals surface area contributed by atoms with Crippen molar-refractivity contribution in [3.63, 3.8) is 0 Å². The molecular weight excluding hydrogens is 362 g/mol. The van der Waals surface area contributed by atoms with Crippen LogP contribution in [0, 0.1) is 11.8 Å². The lowest BCUT2D eigenvalue weighted by molar-refractivity contribution is -0.134. The fourth-order valence-electron chi connectivity index (χ4n) is 5.14. The largest absolute Gasteiger partial charge is 0.341 e. The number of nitrogens with zero attached hydrogens (tertiary/aromatic N) is 2. The van der Waals surface area contributed by atoms with Crippen LogP contribution in [-0.2, 0) is 4.79 Å². The summed E-state index contributed by atoms with van der Waals surface area (Å²) >= 11 is 0. The molecule has 148 valence electrons. The number of amides is 2. The minimum absolute atomic E-state index is 0. The first kappa shape index (κ1) is 20.2. The Morgan fingerprint density at radius 3 is 2.52 bits per heavy atom. The van der Waals surface area contributed by atoms with Gasteiger partial charge in [0.15, 0.2) is 0 Å². The molecule has 2 saturated heterocycles. The number of nitrogens with two attached hydrogens (primary N) is 1. The van der Waals surface area contributed by atoms with E-state index in [0.29, 0.717) is 23.9 Å². The molecule has 2 aliphatic heterocycles. The van der Waals surface area contributed by atoms with Gasteiger partial charge in [-0.25, -0.2) is 0 Å². The monoisotopic (exact) mass is 391 g/mol. The second-order valence-electron chi connectivity index (χ2n) is 8.12. The molecular formula is C21H30ClN3O2. The van der Waals surface area contributed by atoms with Crippen LogP contribution < -0.4 is 5.73 Å². The number of carbonyl (C=O) groups excluding carboxylic acids is 2. The molecule has 27 heavy (non-hydrogen) atoms. The Labute approximate surface area is 167 Å². The lowest BCUT2D eigenvalue weighted by Gasteiger charge is -2.34. The Morgan fingerprint density at radius 2 is 1.81 bits per heavy atom. The number of fused-ring (bicyclic) bond motifs is 1. The van der Waals surface area contributed by atoms with Crippen LogP contribution >= 0.6 is 12.4 Å². The molecule has 1 saturated carbocycles. The zero-order valence-electron chi connectivity index (χ0n) is 15.8. The van der Waals surface area contributed by atoms with Gasteiger partial charge in [-0.2, -0.15) is 0 Å². The molecule has 0 aromatic heterocycles. The highest BCUT2D eigenvalue weighted by molar-refractivity contribution is 5.98. The van der Waals surface area contributed by atoms with Gasteiger partial charge in [0.05, 0.1) is 0 Å². The van der Waals surface area contributed by atoms with Gasteiger partial charge in [-0.15, -0.1) is 12.4 Å². The first-order valence-corrected chi connectivity index (χ1v) is 10.1. The minimum Gasteiger partial charge on any atom is -0.341 e. The smallest absolute Gasteiger partial charge is 0.254 e. The Hall–Kier alpha value is -1.59. The first-order chi connectivity index (χ1) is 12.7. The van der Waals surface area contributed by atoms with Crippen molar-refractivity contribution in [3.05, 3.63) is 35.9 Å². The number of benzene rings is 1. The summed E-state index contributed by atoms with van der Waals surface area (Å²) in [5.41, 5.74) is 6.49. The predicted octanol–water partition coefficient (Wildman–Crippen LogP) is 2.69. The van der Waals surface area contributed by atoms with Crippen molar-refractivity contribution in [1.82, 2.24) is 9.80 Å². The Morgan fingerprint density at radius 1 is 1.07 bits per heavy atom. The van der Waals surface area contributed by atoms with Crippen LogP contribution in [0.25, 0.3) is 0 Å². The van der Waals surface area contributed by atoms with E-state index in [2.05, 4.69) is 0 Å². The molecule has 0 spiro atoms. The van der Waals surface area contributed by atoms with Gasteiger partial charge < -0.3 is 15.5 Å². The average Bonchev–Trinajstić information content (AvgIpc) is 3.32. The minimum atomic E-state index is -0.299. The number of likely N-dealkylation sites (tertiary alicyclic amines) is 2. The van der Waals surface area contributed by atoms with Gasteiger partial charge in [-0.05, 0) is 56.2 Å². The van der Waals surface area contributed by atoms with Crippen LogP contribution in [0.1, 0.15) is 48.9 Å². The number of hydrogen-bond donors (Lipinski definition) is 1. The number of carbonyl (C=O) groups is 2. The maximum absolute atomic E-state index is 13.3. The molecule has 5 nitrogen and oxygen atoms in total. The highest BCUT2D eigenvalue weighted by Gasteiger charge is 2.49. The highest BCUT2D eigenvalue weighted by atomic mass is 35.5. The molecule has 4 unspecified atom stereocenters. The molecule has 4 rings (SSSR count). The van der Waals surface area contributed by atoms with Crippen molar-refractivity contribution >= 4 is 24.2 Å². The molecule has 4 atom stereocenters. The van der Waals surface area contributed by atoms with Crippen molar-refractivity contribution in [2.45, 2.75) is 50.6 Å². The molecule has 1 aliphatic carbocycles. The number of halogens is 1. The van der Waals surface area contributed by atoms with Gasteiger partial charge in [0.25, 0.3) is 5.91 Å². The van der Waals surface area contributed by atoms with Crippen molar-refractivity contribution < 1.29 is 9.59 Å². The summed E-state index contributed by atoms with van der Waals surface area (Å²) in [6, 6.07) is 9.35. The lowest BCUT2D eigenvalue weighted by Crippen LogP contribution is -2.50. The topological polar surface area (TPSA) is 66.6 Å². The lowest BCUT2D eigenvalue weighted by atomic mass is 9.84. The maximum Gasteiger partial charge on any atom is 0.254 e. The van der Waals surface area contributed by atoms with Crippen LogP contribution in [0.5, 0.6) is 0 Å². The SMILES string of the molecule is Cl.NCC1CCN(C(=O)C2CC3CCCCC3N2C(=O)c2ccccc2)C1. The molecule has 1 aromatic carbocycles. The standard InChI is InChI=1S/C21H29N3O2.ClH/c22-13-15-10-11-23(14-15)21(26)19-12-17-8-4-5-9-18(17)24(19)20(25)16-6-2-1-3-7-16;/h1-3,6-7,15,17-19H,4-5,8-14,22H2;1H. The summed E-state index contributed by atoms with van der Waals surface area (Å²) < 4.78 is 0. The second kappa shape index (κ2) is 8.61. The van der Waals surface area contributed by atoms with E-state index >= 15 is 0 Å². The molecule has 0 bridgehead atoms. The quantitative estimate of drug-likeness (QED) is 0.861. The van der Waals surface area contributed by atoms with E-state index in [0.717, 1.165) is 45.2 Å². The summed E-state index contributed by atoms with van der Waals surface area (Å²) in [4.78, 5) is 30.5. The van der Waals surface area contributed by atoms with Gasteiger partial charge in [0, 0.05) is 24.7 Å². The van der Waals surface area contributed by atoms with E-state index in [1.54, 1.807) is 0 Å². The number of rotatable bonds is 3. The molecule has 0 radical (unpaired) electrons. The maximum atomic E-state index is 13.3. The van der Waals surface area contributed by atoms with E-state index < -0.39 is 0 Å². The highest BCUT2D eigenvalue weighted by Crippen LogP contribution is 2.41. The number of hydrogen-bond acceptors (Lipinski definition) is 3. The van der Waals surface area contributed by atoms with Crippen LogP contribution in [0.3, 0.4) is 0 Å². The van der Waals surface area contributed by atoms with E-state index in [1.165, 1.54) is 6.42 Å². The van der Waals surface area contributed by atoms with Crippen LogP contribution in [0.2, 0.25) is 0 Å². The summed E-state index contributed by atoms with van der Waals surface area (Å²) in [7, 11) is 0. The van der Waals surface area contributed by atoms with Crippen molar-refractivity contribution in [1.29, 1.82) is 0 Å². The zero-order valence-corrected chi connectivity index (χ0v) is 16.6. The van der Waals surface area contributed by atoms with Crippen molar-refractivity contribution in [2.24, 2.45) is 17.6 Å². The summed E-state index contributed by atoms with van der Waals surface area (Å²) in [6.07, 6.45) is 6.34. The van der Waals surface area contributed by atoms with Crippen LogP contribution in [0.15, 0.2) is 30.3 Å². The van der Waals surface area contributed by atoms with Crippen molar-refractivity contribution in [2.75, 3.05) is 19.6 Å². The summed E-state index contributed by atoms with van der Waals surface area (Å²) in [5.74, 6) is 1.03. The van der Waals surface area contributed by atoms with Gasteiger partial charge in [-0.3, -0.25) is 9.59 Å². The van der Waals surface area contributed by atoms with Gasteiger partial charge >= 0.3 is 0 Å². The Bertz CT molecular complexity index is 669. The molecule has 2 N–H and O–H groups in total. The van der Waals surface area contributed by atoms with E-state index in [-0.39, 0.29) is 36.3 Å². The summed E-state index contributed by atoms with van der Waals surface area (Å²) in [5, 5.41) is 0. The molecule has 2 heterocycles. The normalized spacial score (nSPS) is 30.0. The van der Waals surface area contributed by atoms with Crippen molar-refractivity contribution in [3.8, 4) is 0 Å². The van der Waals surface area contributed by atoms with Gasteiger partial charge in [0.1, 0.15) is 6.04 Å². The van der Waals surface area contributed by atoms with E-state index in [1.807, 2.05) is 40.1 Å². The van der Waals surface area contributed by atoms with E-state index in [9.17, 15) is 9.59 Å². The van der Waals surface area contributed by atoms with E-state index in [4.69, 9.17) is 5.73 Å². The van der Waals surface area contributed by atoms with Gasteiger partial charge in [-0.1, -0.05) is 31.0 Å². The van der Waals surface area contributed by atoms with Crippen LogP contribution in [0.4, 0.5) is 0 Å². The molecule has 3 fully saturated rings. The Kier molecular flexibility index (Phi) is 6.43. The third-order valence-electron chi connectivity index (χ3n) is 6.56. The third-order valence-corrected chi connectivity index (χ3v) is 6.56. The predicted molar refractivity (Wildman–Crippen MR) is 108 cm³/mol. The summed E-state index contributed by atoms with van der Waals surface area (Å²) in [6.45, 7) is 2.15.